The van der Waals surface area contributed by atoms with Crippen LogP contribution in [0.1, 0.15) is 55.1 Å². The summed E-state index contributed by atoms with van der Waals surface area (Å²) in [5, 5.41) is 1.18. The highest BCUT2D eigenvalue weighted by Gasteiger charge is 2.29. The van der Waals surface area contributed by atoms with E-state index in [0.717, 1.165) is 27.8 Å². The van der Waals surface area contributed by atoms with Crippen LogP contribution in [0.5, 0.6) is 0 Å². The van der Waals surface area contributed by atoms with Gasteiger partial charge in [-0.15, -0.1) is 0 Å². The number of ether oxygens (including phenoxy) is 2. The van der Waals surface area contributed by atoms with Crippen molar-refractivity contribution in [1.29, 1.82) is 0 Å². The molecule has 0 bridgehead atoms. The number of methoxy groups -OCH3 is 1. The number of carbonyl (C=O) groups excluding carboxylic acids is 4. The van der Waals surface area contributed by atoms with Crippen molar-refractivity contribution in [1.82, 2.24) is 9.99 Å². The van der Waals surface area contributed by atoms with E-state index < -0.39 is 23.9 Å². The lowest BCUT2D eigenvalue weighted by Gasteiger charge is -2.27. The maximum absolute atomic E-state index is 14.1. The highest BCUT2D eigenvalue weighted by Crippen LogP contribution is 2.27. The fourth-order valence-electron chi connectivity index (χ4n) is 5.40. The molecule has 1 heterocycles. The minimum absolute atomic E-state index is 0.0606. The topological polar surface area (TPSA) is 107 Å². The Bertz CT molecular complexity index is 1880. The first-order valence-corrected chi connectivity index (χ1v) is 16.6. The molecule has 0 saturated carbocycles. The van der Waals surface area contributed by atoms with Crippen molar-refractivity contribution in [3.05, 3.63) is 139 Å². The third-order valence-electron chi connectivity index (χ3n) is 8.26. The molecule has 5 aromatic rings. The second kappa shape index (κ2) is 16.9. The van der Waals surface area contributed by atoms with Crippen molar-refractivity contribution >= 4 is 29.4 Å². The Balaban J connectivity index is 1.41. The van der Waals surface area contributed by atoms with Gasteiger partial charge in [0.15, 0.2) is 0 Å². The maximum atomic E-state index is 14.1. The molecule has 5 rings (SSSR count). The number of amides is 2. The van der Waals surface area contributed by atoms with Gasteiger partial charge in [0.2, 0.25) is 5.91 Å². The van der Waals surface area contributed by atoms with Gasteiger partial charge in [-0.1, -0.05) is 98.8 Å². The van der Waals surface area contributed by atoms with Crippen molar-refractivity contribution in [2.45, 2.75) is 45.8 Å². The fourth-order valence-corrected chi connectivity index (χ4v) is 5.40. The smallest absolute Gasteiger partial charge is 0.337 e. The number of hydrogen-bond donors (Lipinski definition) is 1. The molecule has 0 unspecified atom stereocenters. The van der Waals surface area contributed by atoms with Crippen LogP contribution in [0.3, 0.4) is 0 Å². The van der Waals surface area contributed by atoms with Gasteiger partial charge in [0, 0.05) is 18.8 Å². The molecule has 2 amide bonds. The molecule has 0 aliphatic heterocycles. The van der Waals surface area contributed by atoms with E-state index in [2.05, 4.69) is 17.6 Å². The van der Waals surface area contributed by atoms with Gasteiger partial charge in [-0.05, 0) is 70.5 Å². The minimum Gasteiger partial charge on any atom is -0.465 e. The normalized spacial score (nSPS) is 11.4. The zero-order chi connectivity index (χ0) is 35.5. The molecule has 0 saturated heterocycles. The molecule has 1 aromatic heterocycles. The number of esters is 2. The van der Waals surface area contributed by atoms with E-state index in [4.69, 9.17) is 9.47 Å². The fraction of sp³-hybridized carbons (Fsp3) is 0.220. The number of rotatable bonds is 13. The van der Waals surface area contributed by atoms with Crippen LogP contribution in [0.2, 0.25) is 0 Å². The second-order valence-electron chi connectivity index (χ2n) is 12.3. The highest BCUT2D eigenvalue weighted by atomic mass is 16.5. The number of hydrazine groups is 1. The summed E-state index contributed by atoms with van der Waals surface area (Å²) in [7, 11) is 1.29. The van der Waals surface area contributed by atoms with Crippen molar-refractivity contribution in [2.75, 3.05) is 12.1 Å². The number of benzene rings is 4. The van der Waals surface area contributed by atoms with Gasteiger partial charge in [-0.3, -0.25) is 19.8 Å². The number of carbonyl (C=O) groups is 4. The maximum Gasteiger partial charge on any atom is 0.337 e. The Morgan fingerprint density at radius 1 is 0.740 bits per heavy atom. The number of aromatic nitrogens is 1. The molecular formula is C41H41N3O6. The number of nitrogens with zero attached hydrogens (tertiary/aromatic N) is 2. The van der Waals surface area contributed by atoms with Gasteiger partial charge in [0.25, 0.3) is 5.91 Å². The van der Waals surface area contributed by atoms with Crippen LogP contribution >= 0.6 is 0 Å². The summed E-state index contributed by atoms with van der Waals surface area (Å²) in [4.78, 5) is 52.9. The van der Waals surface area contributed by atoms with Gasteiger partial charge in [0.05, 0.1) is 24.8 Å². The lowest BCUT2D eigenvalue weighted by Crippen LogP contribution is -2.49. The van der Waals surface area contributed by atoms with Crippen molar-refractivity contribution in [2.24, 2.45) is 5.92 Å². The average molecular weight is 672 g/mol. The van der Waals surface area contributed by atoms with Gasteiger partial charge in [-0.25, -0.2) is 9.80 Å². The summed E-state index contributed by atoms with van der Waals surface area (Å²) >= 11 is 0. The van der Waals surface area contributed by atoms with Gasteiger partial charge in [-0.2, -0.15) is 0 Å². The van der Waals surface area contributed by atoms with E-state index in [1.807, 2.05) is 98.9 Å². The molecule has 256 valence electrons. The Hall–Kier alpha value is -5.96. The lowest BCUT2D eigenvalue weighted by atomic mass is 10.0. The average Bonchev–Trinajstić information content (AvgIpc) is 3.65. The Morgan fingerprint density at radius 2 is 1.34 bits per heavy atom. The minimum atomic E-state index is -1.05. The Morgan fingerprint density at radius 3 is 1.96 bits per heavy atom. The first-order chi connectivity index (χ1) is 24.2. The van der Waals surface area contributed by atoms with Crippen LogP contribution in [0.15, 0.2) is 128 Å². The molecule has 4 aromatic carbocycles. The molecule has 0 spiro atoms. The molecule has 9 nitrogen and oxygen atoms in total. The van der Waals surface area contributed by atoms with Crippen LogP contribution in [-0.2, 0) is 30.5 Å². The number of anilines is 1. The van der Waals surface area contributed by atoms with Crippen molar-refractivity contribution < 1.29 is 28.7 Å². The van der Waals surface area contributed by atoms with Gasteiger partial charge in [0.1, 0.15) is 12.6 Å². The lowest BCUT2D eigenvalue weighted by molar-refractivity contribution is -0.147. The zero-order valence-electron chi connectivity index (χ0n) is 28.5. The van der Waals surface area contributed by atoms with E-state index in [0.29, 0.717) is 17.7 Å². The molecule has 1 atom stereocenters. The zero-order valence-corrected chi connectivity index (χ0v) is 28.5. The standard InChI is InChI=1S/C41H41N3O6/c1-29(2)14-23-38(45)44(36-21-19-34(20-22-36)41(48)49-3)42-40(47)37(26-39(46)50-28-30-10-6-4-7-11-30)43-25-24-35(27-43)33-17-15-32(16-18-33)31-12-8-5-9-13-31/h4-13,15-22,24-25,27,29,37H,14,23,26,28H2,1-3H3,(H,42,47)/t37-/m0/s1. The molecule has 1 N–H and O–H groups in total. The largest absolute Gasteiger partial charge is 0.465 e. The van der Waals surface area contributed by atoms with E-state index >= 15 is 0 Å². The third kappa shape index (κ3) is 9.35. The molecule has 0 fully saturated rings. The summed E-state index contributed by atoms with van der Waals surface area (Å²) in [5.74, 6) is -1.76. The van der Waals surface area contributed by atoms with Crippen LogP contribution < -0.4 is 10.4 Å². The third-order valence-corrected chi connectivity index (χ3v) is 8.26. The van der Waals surface area contributed by atoms with Crippen LogP contribution in [0, 0.1) is 5.92 Å². The van der Waals surface area contributed by atoms with E-state index in [1.54, 1.807) is 22.9 Å². The van der Waals surface area contributed by atoms with Crippen LogP contribution in [0.4, 0.5) is 5.69 Å². The van der Waals surface area contributed by atoms with E-state index in [1.165, 1.54) is 24.3 Å². The molecule has 50 heavy (non-hydrogen) atoms. The molecule has 0 aliphatic carbocycles. The predicted molar refractivity (Wildman–Crippen MR) is 193 cm³/mol. The highest BCUT2D eigenvalue weighted by molar-refractivity contribution is 5.98. The SMILES string of the molecule is COC(=O)c1ccc(N(NC(=O)[C@H](CC(=O)OCc2ccccc2)n2ccc(-c3ccc(-c4ccccc4)cc3)c2)C(=O)CCC(C)C)cc1. The van der Waals surface area contributed by atoms with Crippen molar-refractivity contribution in [3.8, 4) is 22.3 Å². The monoisotopic (exact) mass is 671 g/mol. The second-order valence-corrected chi connectivity index (χ2v) is 12.3. The van der Waals surface area contributed by atoms with Crippen molar-refractivity contribution in [3.63, 3.8) is 0 Å². The summed E-state index contributed by atoms with van der Waals surface area (Å²) in [5.41, 5.74) is 8.22. The summed E-state index contributed by atoms with van der Waals surface area (Å²) in [6.07, 6.45) is 4.04. The summed E-state index contributed by atoms with van der Waals surface area (Å²) < 4.78 is 12.0. The van der Waals surface area contributed by atoms with Gasteiger partial charge < -0.3 is 14.0 Å². The summed E-state index contributed by atoms with van der Waals surface area (Å²) in [6.45, 7) is 4.08. The molecule has 0 radical (unpaired) electrons. The van der Waals surface area contributed by atoms with Gasteiger partial charge >= 0.3 is 11.9 Å². The first kappa shape index (κ1) is 35.3. The number of nitrogens with one attached hydrogen (secondary N) is 1. The molecule has 0 aliphatic rings. The predicted octanol–water partition coefficient (Wildman–Crippen LogP) is 7.78. The molecular weight excluding hydrogens is 630 g/mol. The Labute approximate surface area is 292 Å². The quantitative estimate of drug-likeness (QED) is 0.101. The first-order valence-electron chi connectivity index (χ1n) is 16.6. The van der Waals surface area contributed by atoms with Crippen LogP contribution in [0.25, 0.3) is 22.3 Å². The molecule has 9 heteroatoms. The van der Waals surface area contributed by atoms with E-state index in [-0.39, 0.29) is 31.3 Å². The Kier molecular flexibility index (Phi) is 12.0. The van der Waals surface area contributed by atoms with E-state index in [9.17, 15) is 19.2 Å². The number of hydrogen-bond acceptors (Lipinski definition) is 6. The van der Waals surface area contributed by atoms with Crippen LogP contribution in [-0.4, -0.2) is 35.4 Å². The summed E-state index contributed by atoms with van der Waals surface area (Å²) in [6, 6.07) is 34.5.